The molecule has 1 heterocycles. The largest absolute Gasteiger partial charge is 0.320 e. The smallest absolute Gasteiger partial charge is 0.317 e. The molecule has 9 heteroatoms. The summed E-state index contributed by atoms with van der Waals surface area (Å²) in [7, 11) is 0. The van der Waals surface area contributed by atoms with Crippen molar-refractivity contribution in [3.8, 4) is 0 Å². The third kappa shape index (κ3) is 4.18. The predicted octanol–water partition coefficient (Wildman–Crippen LogP) is 3.79. The molecule has 2 bridgehead atoms. The van der Waals surface area contributed by atoms with Crippen LogP contribution in [0.3, 0.4) is 0 Å². The fourth-order valence-corrected chi connectivity index (χ4v) is 5.66. The number of nitrogens with zero attached hydrogens (tertiary/aromatic N) is 2. The van der Waals surface area contributed by atoms with Crippen molar-refractivity contribution in [2.45, 2.75) is 32.4 Å². The number of benzene rings is 2. The van der Waals surface area contributed by atoms with Gasteiger partial charge in [0.1, 0.15) is 6.17 Å². The zero-order chi connectivity index (χ0) is 24.7. The molecule has 6 rings (SSSR count). The van der Waals surface area contributed by atoms with Gasteiger partial charge in [-0.1, -0.05) is 42.5 Å². The second-order valence-electron chi connectivity index (χ2n) is 9.45. The molecule has 2 aromatic rings. The van der Waals surface area contributed by atoms with Gasteiger partial charge in [0.25, 0.3) is 5.69 Å². The number of hydrogen-bond acceptors (Lipinski definition) is 5. The van der Waals surface area contributed by atoms with Gasteiger partial charge >= 0.3 is 6.03 Å². The minimum Gasteiger partial charge on any atom is -0.317 e. The Hall–Kier alpha value is -4.01. The van der Waals surface area contributed by atoms with Crippen molar-refractivity contribution in [1.29, 1.82) is 0 Å². The Morgan fingerprint density at radius 1 is 1.06 bits per heavy atom. The van der Waals surface area contributed by atoms with E-state index in [0.29, 0.717) is 11.3 Å². The first kappa shape index (κ1) is 22.8. The number of aryl methyl sites for hydroxylation is 1. The minimum atomic E-state index is -0.860. The second kappa shape index (κ2) is 8.98. The molecule has 2 fully saturated rings. The number of nitro groups is 1. The van der Waals surface area contributed by atoms with Crippen LogP contribution >= 0.6 is 0 Å². The van der Waals surface area contributed by atoms with Gasteiger partial charge in [-0.15, -0.1) is 0 Å². The van der Waals surface area contributed by atoms with Crippen molar-refractivity contribution < 1.29 is 19.3 Å². The number of likely N-dealkylation sites (tertiary alicyclic amines) is 1. The number of anilines is 1. The van der Waals surface area contributed by atoms with Crippen molar-refractivity contribution >= 4 is 29.2 Å². The summed E-state index contributed by atoms with van der Waals surface area (Å²) in [5, 5.41) is 16.5. The molecule has 9 nitrogen and oxygen atoms in total. The Labute approximate surface area is 202 Å². The van der Waals surface area contributed by atoms with Crippen molar-refractivity contribution in [2.24, 2.45) is 23.7 Å². The van der Waals surface area contributed by atoms with Gasteiger partial charge < -0.3 is 10.6 Å². The summed E-state index contributed by atoms with van der Waals surface area (Å²) < 4.78 is 0. The van der Waals surface area contributed by atoms with Crippen LogP contribution < -0.4 is 10.6 Å². The molecule has 1 aliphatic heterocycles. The Balaban J connectivity index is 1.39. The van der Waals surface area contributed by atoms with Crippen molar-refractivity contribution in [1.82, 2.24) is 10.2 Å². The van der Waals surface area contributed by atoms with E-state index in [1.54, 1.807) is 6.92 Å². The molecule has 35 heavy (non-hydrogen) atoms. The lowest BCUT2D eigenvalue weighted by Crippen LogP contribution is -2.53. The third-order valence-electron chi connectivity index (χ3n) is 7.34. The average molecular weight is 475 g/mol. The third-order valence-corrected chi connectivity index (χ3v) is 7.34. The molecule has 0 unspecified atom stereocenters. The van der Waals surface area contributed by atoms with Gasteiger partial charge in [0.05, 0.1) is 16.8 Å². The lowest BCUT2D eigenvalue weighted by Gasteiger charge is -2.38. The number of hydrogen-bond donors (Lipinski definition) is 2. The number of fused-ring (bicyclic) bond motifs is 1. The number of nitro benzene ring substituents is 1. The summed E-state index contributed by atoms with van der Waals surface area (Å²) >= 11 is 0. The topological polar surface area (TPSA) is 122 Å². The van der Waals surface area contributed by atoms with Gasteiger partial charge in [0.15, 0.2) is 0 Å². The molecule has 4 amide bonds. The van der Waals surface area contributed by atoms with Gasteiger partial charge in [-0.2, -0.15) is 0 Å². The molecule has 5 atom stereocenters. The number of carbonyl (C=O) groups excluding carboxylic acids is 3. The Kier molecular flexibility index (Phi) is 5.84. The highest BCUT2D eigenvalue weighted by Crippen LogP contribution is 2.50. The monoisotopic (exact) mass is 474 g/mol. The number of urea groups is 1. The standard InChI is InChI=1S/C26H26N4O5/c1-15-13-19(30(34)35)11-12-20(15)27-26(33)28-21(14-16-5-3-2-4-6-16)29-24(31)22-17-7-8-18(10-9-17)23(22)25(29)32/h2-8,11-13,17-18,21-23H,9-10,14H2,1H3,(H2,27,28,33)/t17-,18-,21+,22-,23+/m0/s1. The molecule has 2 N–H and O–H groups in total. The summed E-state index contributed by atoms with van der Waals surface area (Å²) in [6.07, 6.45) is 5.33. The molecule has 0 aromatic heterocycles. The highest BCUT2D eigenvalue weighted by atomic mass is 16.6. The van der Waals surface area contributed by atoms with Crippen LogP contribution in [0.5, 0.6) is 0 Å². The molecule has 1 saturated carbocycles. The number of allylic oxidation sites excluding steroid dienone is 2. The Morgan fingerprint density at radius 3 is 2.23 bits per heavy atom. The van der Waals surface area contributed by atoms with Gasteiger partial charge in [-0.05, 0) is 48.8 Å². The maximum Gasteiger partial charge on any atom is 0.320 e. The van der Waals surface area contributed by atoms with E-state index in [4.69, 9.17) is 0 Å². The highest BCUT2D eigenvalue weighted by Gasteiger charge is 2.58. The number of imide groups is 1. The molecule has 1 saturated heterocycles. The predicted molar refractivity (Wildman–Crippen MR) is 128 cm³/mol. The van der Waals surface area contributed by atoms with E-state index >= 15 is 0 Å². The first-order chi connectivity index (χ1) is 16.8. The lowest BCUT2D eigenvalue weighted by molar-refractivity contribution is -0.384. The van der Waals surface area contributed by atoms with Gasteiger partial charge in [-0.3, -0.25) is 24.6 Å². The SMILES string of the molecule is Cc1cc([N+](=O)[O-])ccc1NC(=O)N[C@@H](Cc1ccccc1)N1C(=O)[C@@H]2[C@H](C1=O)[C@H]1C=C[C@H]2CC1. The van der Waals surface area contributed by atoms with Crippen molar-refractivity contribution in [3.05, 3.63) is 81.9 Å². The van der Waals surface area contributed by atoms with E-state index in [9.17, 15) is 24.5 Å². The van der Waals surface area contributed by atoms with E-state index < -0.39 is 17.1 Å². The fourth-order valence-electron chi connectivity index (χ4n) is 5.66. The zero-order valence-electron chi connectivity index (χ0n) is 19.2. The Morgan fingerprint density at radius 2 is 1.69 bits per heavy atom. The van der Waals surface area contributed by atoms with Gasteiger partial charge in [0.2, 0.25) is 11.8 Å². The summed E-state index contributed by atoms with van der Waals surface area (Å²) in [6, 6.07) is 12.9. The molecule has 4 aliphatic rings. The van der Waals surface area contributed by atoms with Gasteiger partial charge in [-0.25, -0.2) is 4.79 Å². The number of carbonyl (C=O) groups is 3. The van der Waals surface area contributed by atoms with Crippen LogP contribution in [0.2, 0.25) is 0 Å². The maximum atomic E-state index is 13.5. The fraction of sp³-hybridized carbons (Fsp3) is 0.346. The average Bonchev–Trinajstić information content (AvgIpc) is 3.13. The molecule has 0 spiro atoms. The van der Waals surface area contributed by atoms with Gasteiger partial charge in [0, 0.05) is 24.2 Å². The quantitative estimate of drug-likeness (QED) is 0.286. The second-order valence-corrected chi connectivity index (χ2v) is 9.45. The van der Waals surface area contributed by atoms with Crippen molar-refractivity contribution in [2.75, 3.05) is 5.32 Å². The number of nitrogens with one attached hydrogen (secondary N) is 2. The zero-order valence-corrected chi connectivity index (χ0v) is 19.2. The van der Waals surface area contributed by atoms with E-state index in [1.807, 2.05) is 30.3 Å². The molecule has 0 radical (unpaired) electrons. The van der Waals surface area contributed by atoms with Crippen LogP contribution in [0, 0.1) is 40.7 Å². The molecular formula is C26H26N4O5. The number of amides is 4. The summed E-state index contributed by atoms with van der Waals surface area (Å²) in [5.41, 5.74) is 1.73. The minimum absolute atomic E-state index is 0.0559. The van der Waals surface area contributed by atoms with Crippen LogP contribution in [0.1, 0.15) is 24.0 Å². The molecule has 180 valence electrons. The molecule has 3 aliphatic carbocycles. The van der Waals surface area contributed by atoms with Crippen LogP contribution in [0.15, 0.2) is 60.7 Å². The summed E-state index contributed by atoms with van der Waals surface area (Å²) in [6.45, 7) is 1.66. The molecular weight excluding hydrogens is 448 g/mol. The maximum absolute atomic E-state index is 13.5. The van der Waals surface area contributed by atoms with E-state index in [-0.39, 0.29) is 47.6 Å². The summed E-state index contributed by atoms with van der Waals surface area (Å²) in [4.78, 5) is 51.8. The Bertz CT molecular complexity index is 1200. The van der Waals surface area contributed by atoms with E-state index in [1.165, 1.54) is 23.1 Å². The number of rotatable bonds is 6. The lowest BCUT2D eigenvalue weighted by atomic mass is 9.63. The van der Waals surface area contributed by atoms with Crippen molar-refractivity contribution in [3.63, 3.8) is 0 Å². The first-order valence-electron chi connectivity index (χ1n) is 11.7. The van der Waals surface area contributed by atoms with Crippen LogP contribution in [-0.2, 0) is 16.0 Å². The normalized spacial score (nSPS) is 25.3. The highest BCUT2D eigenvalue weighted by molar-refractivity contribution is 6.06. The van der Waals surface area contributed by atoms with Crippen LogP contribution in [0.4, 0.5) is 16.2 Å². The van der Waals surface area contributed by atoms with E-state index in [2.05, 4.69) is 22.8 Å². The van der Waals surface area contributed by atoms with Crippen LogP contribution in [-0.4, -0.2) is 33.8 Å². The number of non-ortho nitro benzene ring substituents is 1. The molecule has 2 aromatic carbocycles. The van der Waals surface area contributed by atoms with Crippen LogP contribution in [0.25, 0.3) is 0 Å². The van der Waals surface area contributed by atoms with E-state index in [0.717, 1.165) is 18.4 Å². The first-order valence-corrected chi connectivity index (χ1v) is 11.7. The summed E-state index contributed by atoms with van der Waals surface area (Å²) in [5.74, 6) is -1.09.